The van der Waals surface area contributed by atoms with E-state index in [0.29, 0.717) is 23.9 Å². The van der Waals surface area contributed by atoms with Crippen LogP contribution < -0.4 is 11.3 Å². The molecule has 19 heavy (non-hydrogen) atoms. The summed E-state index contributed by atoms with van der Waals surface area (Å²) in [4.78, 5) is 17.4. The first-order chi connectivity index (χ1) is 8.45. The van der Waals surface area contributed by atoms with E-state index in [4.69, 9.17) is 22.3 Å². The number of hydrogen-bond acceptors (Lipinski definition) is 4. The molecular formula is C12H17Cl2N3O2. The van der Waals surface area contributed by atoms with E-state index < -0.39 is 5.41 Å². The van der Waals surface area contributed by atoms with Gasteiger partial charge >= 0.3 is 0 Å². The van der Waals surface area contributed by atoms with Gasteiger partial charge in [0.15, 0.2) is 0 Å². The molecule has 7 heteroatoms. The van der Waals surface area contributed by atoms with Crippen molar-refractivity contribution in [3.05, 3.63) is 28.8 Å². The van der Waals surface area contributed by atoms with E-state index in [9.17, 15) is 4.79 Å². The molecule has 106 valence electrons. The molecule has 0 aromatic heterocycles. The Hall–Kier alpha value is -1.01. The zero-order chi connectivity index (χ0) is 13.3. The molecule has 1 fully saturated rings. The number of nitrogen functional groups attached to an aromatic ring is 1. The Morgan fingerprint density at radius 3 is 2.74 bits per heavy atom. The highest BCUT2D eigenvalue weighted by molar-refractivity contribution is 6.34. The Morgan fingerprint density at radius 1 is 1.53 bits per heavy atom. The summed E-state index contributed by atoms with van der Waals surface area (Å²) in [5, 5.41) is 1.85. The zero-order valence-corrected chi connectivity index (χ0v) is 12.3. The molecule has 1 saturated heterocycles. The predicted molar refractivity (Wildman–Crippen MR) is 76.8 cm³/mol. The largest absolute Gasteiger partial charge is 0.323 e. The maximum absolute atomic E-state index is 12.0. The van der Waals surface area contributed by atoms with E-state index in [-0.39, 0.29) is 18.3 Å². The summed E-state index contributed by atoms with van der Waals surface area (Å²) in [6.07, 6.45) is 0. The summed E-state index contributed by atoms with van der Waals surface area (Å²) in [5.41, 5.74) is 3.45. The van der Waals surface area contributed by atoms with Crippen LogP contribution in [0.2, 0.25) is 5.02 Å². The van der Waals surface area contributed by atoms with Crippen LogP contribution in [0, 0.1) is 5.41 Å². The Labute approximate surface area is 123 Å². The first kappa shape index (κ1) is 16.0. The third-order valence-corrected chi connectivity index (χ3v) is 3.38. The van der Waals surface area contributed by atoms with Gasteiger partial charge in [0.1, 0.15) is 0 Å². The highest BCUT2D eigenvalue weighted by atomic mass is 35.5. The first-order valence-electron chi connectivity index (χ1n) is 5.64. The van der Waals surface area contributed by atoms with Crippen molar-refractivity contribution in [2.75, 3.05) is 12.0 Å². The lowest BCUT2D eigenvalue weighted by molar-refractivity contribution is -0.165. The van der Waals surface area contributed by atoms with Crippen LogP contribution in [0.15, 0.2) is 18.2 Å². The number of anilines is 1. The number of benzene rings is 1. The number of halogens is 2. The van der Waals surface area contributed by atoms with Crippen molar-refractivity contribution in [1.82, 2.24) is 5.06 Å². The number of nitrogens with zero attached hydrogens (tertiary/aromatic N) is 1. The third kappa shape index (κ3) is 3.12. The van der Waals surface area contributed by atoms with Crippen LogP contribution in [0.1, 0.15) is 19.4 Å². The quantitative estimate of drug-likeness (QED) is 0.664. The number of hydrazine groups is 1. The fourth-order valence-electron chi connectivity index (χ4n) is 1.78. The lowest BCUT2D eigenvalue weighted by atomic mass is 9.95. The molecule has 0 radical (unpaired) electrons. The highest BCUT2D eigenvalue weighted by Crippen LogP contribution is 2.31. The van der Waals surface area contributed by atoms with Gasteiger partial charge in [-0.25, -0.2) is 5.06 Å². The van der Waals surface area contributed by atoms with Crippen LogP contribution in [0.25, 0.3) is 0 Å². The number of nitrogens with one attached hydrogen (secondary N) is 1. The second-order valence-corrected chi connectivity index (χ2v) is 5.30. The normalized spacial score (nSPS) is 17.3. The Bertz CT molecular complexity index is 480. The van der Waals surface area contributed by atoms with Crippen LogP contribution in [-0.2, 0) is 16.2 Å². The molecule has 0 spiro atoms. The van der Waals surface area contributed by atoms with Gasteiger partial charge in [0, 0.05) is 0 Å². The number of nitrogens with two attached hydrogens (primary N) is 1. The van der Waals surface area contributed by atoms with Gasteiger partial charge in [0.2, 0.25) is 0 Å². The van der Waals surface area contributed by atoms with Crippen molar-refractivity contribution in [2.24, 2.45) is 11.3 Å². The molecule has 1 aliphatic heterocycles. The lowest BCUT2D eigenvalue weighted by Crippen LogP contribution is -2.30. The summed E-state index contributed by atoms with van der Waals surface area (Å²) in [6.45, 7) is 4.42. The van der Waals surface area contributed by atoms with Crippen molar-refractivity contribution in [1.29, 1.82) is 0 Å². The third-order valence-electron chi connectivity index (χ3n) is 2.93. The van der Waals surface area contributed by atoms with E-state index in [1.165, 1.54) is 5.06 Å². The topological polar surface area (TPSA) is 67.6 Å². The van der Waals surface area contributed by atoms with E-state index in [0.717, 1.165) is 5.56 Å². The van der Waals surface area contributed by atoms with Crippen LogP contribution in [0.4, 0.5) is 5.69 Å². The van der Waals surface area contributed by atoms with Gasteiger partial charge in [-0.3, -0.25) is 15.5 Å². The van der Waals surface area contributed by atoms with Crippen molar-refractivity contribution in [3.8, 4) is 0 Å². The molecule has 0 bridgehead atoms. The molecule has 1 amide bonds. The number of rotatable bonds is 3. The fraction of sp³-hybridized carbons (Fsp3) is 0.417. The van der Waals surface area contributed by atoms with Crippen LogP contribution >= 0.6 is 24.0 Å². The van der Waals surface area contributed by atoms with Gasteiger partial charge in [0.05, 0.1) is 29.3 Å². The minimum Gasteiger partial charge on any atom is -0.323 e. The molecule has 1 heterocycles. The molecule has 0 atom stereocenters. The number of carbonyl (C=O) groups is 1. The average molecular weight is 306 g/mol. The van der Waals surface area contributed by atoms with Crippen LogP contribution in [-0.4, -0.2) is 17.6 Å². The number of carbonyl (C=O) groups excluding carboxylic acids is 1. The highest BCUT2D eigenvalue weighted by Gasteiger charge is 2.40. The second-order valence-electron chi connectivity index (χ2n) is 4.92. The Kier molecular flexibility index (Phi) is 5.04. The lowest BCUT2D eigenvalue weighted by Gasteiger charge is -2.18. The van der Waals surface area contributed by atoms with Gasteiger partial charge in [0.25, 0.3) is 5.91 Å². The minimum absolute atomic E-state index is 0. The van der Waals surface area contributed by atoms with Crippen LogP contribution in [0.5, 0.6) is 0 Å². The zero-order valence-electron chi connectivity index (χ0n) is 10.8. The molecular weight excluding hydrogens is 289 g/mol. The van der Waals surface area contributed by atoms with Crippen LogP contribution in [0.3, 0.4) is 0 Å². The second kappa shape index (κ2) is 5.96. The molecule has 1 aromatic carbocycles. The number of hydrogen-bond donors (Lipinski definition) is 2. The van der Waals surface area contributed by atoms with Crippen molar-refractivity contribution in [3.63, 3.8) is 0 Å². The molecule has 1 aromatic rings. The first-order valence-corrected chi connectivity index (χ1v) is 6.02. The SMILES string of the molecule is CC1(C)CON(Cc2cccc(NN)c2Cl)C1=O.Cl. The number of hydroxylamine groups is 2. The summed E-state index contributed by atoms with van der Waals surface area (Å²) in [5.74, 6) is 5.31. The van der Waals surface area contributed by atoms with E-state index in [1.807, 2.05) is 26.0 Å². The molecule has 5 nitrogen and oxygen atoms in total. The maximum atomic E-state index is 12.0. The summed E-state index contributed by atoms with van der Waals surface area (Å²) in [6, 6.07) is 5.43. The van der Waals surface area contributed by atoms with Crippen molar-refractivity contribution >= 4 is 35.6 Å². The summed E-state index contributed by atoms with van der Waals surface area (Å²) < 4.78 is 0. The standard InChI is InChI=1S/C12H16ClN3O2.ClH/c1-12(2)7-18-16(11(12)17)6-8-4-3-5-9(15-14)10(8)13;/h3-5,15H,6-7,14H2,1-2H3;1H. The molecule has 2 rings (SSSR count). The van der Waals surface area contributed by atoms with Gasteiger partial charge < -0.3 is 5.43 Å². The molecule has 1 aliphatic rings. The summed E-state index contributed by atoms with van der Waals surface area (Å²) in [7, 11) is 0. The minimum atomic E-state index is -0.476. The monoisotopic (exact) mass is 305 g/mol. The van der Waals surface area contributed by atoms with Crippen molar-refractivity contribution in [2.45, 2.75) is 20.4 Å². The Balaban J connectivity index is 0.00000180. The van der Waals surface area contributed by atoms with Crippen molar-refractivity contribution < 1.29 is 9.63 Å². The van der Waals surface area contributed by atoms with E-state index in [1.54, 1.807) is 6.07 Å². The molecule has 0 aliphatic carbocycles. The molecule has 0 unspecified atom stereocenters. The van der Waals surface area contributed by atoms with Gasteiger partial charge in [-0.15, -0.1) is 12.4 Å². The molecule has 3 N–H and O–H groups in total. The number of amides is 1. The fourth-order valence-corrected chi connectivity index (χ4v) is 2.02. The smallest absolute Gasteiger partial charge is 0.254 e. The van der Waals surface area contributed by atoms with Gasteiger partial charge in [-0.1, -0.05) is 23.7 Å². The van der Waals surface area contributed by atoms with E-state index in [2.05, 4.69) is 5.43 Å². The predicted octanol–water partition coefficient (Wildman–Crippen LogP) is 2.35. The maximum Gasteiger partial charge on any atom is 0.254 e. The van der Waals surface area contributed by atoms with Gasteiger partial charge in [-0.05, 0) is 25.5 Å². The molecule has 0 saturated carbocycles. The Morgan fingerprint density at radius 2 is 2.21 bits per heavy atom. The van der Waals surface area contributed by atoms with Gasteiger partial charge in [-0.2, -0.15) is 0 Å². The summed E-state index contributed by atoms with van der Waals surface area (Å²) >= 11 is 6.17. The average Bonchev–Trinajstić information content (AvgIpc) is 2.59. The van der Waals surface area contributed by atoms with E-state index >= 15 is 0 Å².